The van der Waals surface area contributed by atoms with E-state index in [-0.39, 0.29) is 5.56 Å². The van der Waals surface area contributed by atoms with Crippen molar-refractivity contribution < 1.29 is 13.9 Å². The lowest BCUT2D eigenvalue weighted by Crippen LogP contribution is -2.24. The van der Waals surface area contributed by atoms with E-state index >= 15 is 0 Å². The summed E-state index contributed by atoms with van der Waals surface area (Å²) in [6.45, 7) is 3.08. The number of benzene rings is 2. The first-order valence-corrected chi connectivity index (χ1v) is 6.56. The van der Waals surface area contributed by atoms with E-state index in [1.54, 1.807) is 25.1 Å². The number of rotatable bonds is 2. The first-order chi connectivity index (χ1) is 8.82. The molecule has 2 aromatic carbocycles. The monoisotopic (exact) mass is 326 g/mol. The van der Waals surface area contributed by atoms with Gasteiger partial charge in [0.15, 0.2) is 0 Å². The molecule has 1 N–H and O–H groups in total. The molecule has 0 aliphatic rings. The summed E-state index contributed by atoms with van der Waals surface area (Å²) in [4.78, 5) is 0. The van der Waals surface area contributed by atoms with Crippen LogP contribution in [0.15, 0.2) is 40.9 Å². The van der Waals surface area contributed by atoms with Crippen molar-refractivity contribution in [1.29, 1.82) is 0 Å². The standard InChI is InChI=1S/C15H13BrF2O/c1-9-3-4-10(7-14(9)18)15(2,19)12-8-11(16)5-6-13(12)17/h3-8,19H,1-2H3. The highest BCUT2D eigenvalue weighted by Gasteiger charge is 2.29. The average molecular weight is 327 g/mol. The second kappa shape index (κ2) is 5.02. The van der Waals surface area contributed by atoms with Crippen LogP contribution >= 0.6 is 15.9 Å². The fourth-order valence-electron chi connectivity index (χ4n) is 1.92. The van der Waals surface area contributed by atoms with Crippen LogP contribution in [0.2, 0.25) is 0 Å². The Bertz CT molecular complexity index is 624. The van der Waals surface area contributed by atoms with Crippen LogP contribution in [0.25, 0.3) is 0 Å². The lowest BCUT2D eigenvalue weighted by Gasteiger charge is -2.25. The molecule has 19 heavy (non-hydrogen) atoms. The maximum absolute atomic E-state index is 13.9. The molecule has 0 fully saturated rings. The molecular formula is C15H13BrF2O. The molecular weight excluding hydrogens is 314 g/mol. The second-order valence-corrected chi connectivity index (χ2v) is 5.58. The summed E-state index contributed by atoms with van der Waals surface area (Å²) in [5, 5.41) is 10.6. The van der Waals surface area contributed by atoms with Gasteiger partial charge in [-0.1, -0.05) is 28.1 Å². The molecule has 2 rings (SSSR count). The molecule has 0 saturated heterocycles. The molecule has 100 valence electrons. The van der Waals surface area contributed by atoms with Crippen molar-refractivity contribution in [2.75, 3.05) is 0 Å². The van der Waals surface area contributed by atoms with Crippen LogP contribution in [0.4, 0.5) is 8.78 Å². The third-order valence-electron chi connectivity index (χ3n) is 3.19. The third-order valence-corrected chi connectivity index (χ3v) is 3.68. The van der Waals surface area contributed by atoms with Crippen LogP contribution in [-0.4, -0.2) is 5.11 Å². The SMILES string of the molecule is Cc1ccc(C(C)(O)c2cc(Br)ccc2F)cc1F. The fourth-order valence-corrected chi connectivity index (χ4v) is 2.28. The minimum absolute atomic E-state index is 0.102. The quantitative estimate of drug-likeness (QED) is 0.872. The molecule has 0 bridgehead atoms. The van der Waals surface area contributed by atoms with Gasteiger partial charge in [-0.15, -0.1) is 0 Å². The Labute approximate surface area is 119 Å². The van der Waals surface area contributed by atoms with Crippen LogP contribution in [0.1, 0.15) is 23.6 Å². The van der Waals surface area contributed by atoms with E-state index in [4.69, 9.17) is 0 Å². The molecule has 0 spiro atoms. The Hall–Kier alpha value is -1.26. The van der Waals surface area contributed by atoms with Crippen LogP contribution in [0, 0.1) is 18.6 Å². The first-order valence-electron chi connectivity index (χ1n) is 5.77. The van der Waals surface area contributed by atoms with E-state index in [0.29, 0.717) is 15.6 Å². The molecule has 0 heterocycles. The summed E-state index contributed by atoms with van der Waals surface area (Å²) < 4.78 is 28.1. The highest BCUT2D eigenvalue weighted by molar-refractivity contribution is 9.10. The molecule has 2 aromatic rings. The zero-order chi connectivity index (χ0) is 14.2. The largest absolute Gasteiger partial charge is 0.381 e. The number of hydrogen-bond donors (Lipinski definition) is 1. The highest BCUT2D eigenvalue weighted by Crippen LogP contribution is 2.33. The molecule has 0 aromatic heterocycles. The van der Waals surface area contributed by atoms with Gasteiger partial charge >= 0.3 is 0 Å². The first kappa shape index (κ1) is 14.2. The average Bonchev–Trinajstić information content (AvgIpc) is 2.35. The Morgan fingerprint density at radius 2 is 1.74 bits per heavy atom. The fraction of sp³-hybridized carbons (Fsp3) is 0.200. The molecule has 4 heteroatoms. The lowest BCUT2D eigenvalue weighted by atomic mass is 9.87. The third kappa shape index (κ3) is 2.69. The van der Waals surface area contributed by atoms with Gasteiger partial charge in [0.05, 0.1) is 0 Å². The minimum Gasteiger partial charge on any atom is -0.381 e. The number of halogens is 3. The zero-order valence-corrected chi connectivity index (χ0v) is 12.1. The van der Waals surface area contributed by atoms with Crippen LogP contribution in [-0.2, 0) is 5.60 Å². The van der Waals surface area contributed by atoms with E-state index < -0.39 is 17.2 Å². The van der Waals surface area contributed by atoms with E-state index in [1.165, 1.54) is 25.1 Å². The molecule has 0 aliphatic carbocycles. The summed E-state index contributed by atoms with van der Waals surface area (Å²) in [5.41, 5.74) is -0.699. The summed E-state index contributed by atoms with van der Waals surface area (Å²) in [7, 11) is 0. The van der Waals surface area contributed by atoms with Crippen molar-refractivity contribution in [3.05, 3.63) is 69.2 Å². The van der Waals surface area contributed by atoms with Crippen molar-refractivity contribution in [1.82, 2.24) is 0 Å². The summed E-state index contributed by atoms with van der Waals surface area (Å²) in [6, 6.07) is 8.69. The van der Waals surface area contributed by atoms with Gasteiger partial charge in [0.2, 0.25) is 0 Å². The van der Waals surface area contributed by atoms with Crippen molar-refractivity contribution in [3.63, 3.8) is 0 Å². The smallest absolute Gasteiger partial charge is 0.129 e. The predicted octanol–water partition coefficient (Wildman–Crippen LogP) is 4.29. The summed E-state index contributed by atoms with van der Waals surface area (Å²) >= 11 is 3.24. The van der Waals surface area contributed by atoms with E-state index in [1.807, 2.05) is 0 Å². The normalized spacial score (nSPS) is 14.2. The molecule has 1 unspecified atom stereocenters. The van der Waals surface area contributed by atoms with E-state index in [9.17, 15) is 13.9 Å². The van der Waals surface area contributed by atoms with Crippen molar-refractivity contribution in [3.8, 4) is 0 Å². The molecule has 0 aliphatic heterocycles. The molecule has 1 atom stereocenters. The number of aliphatic hydroxyl groups is 1. The second-order valence-electron chi connectivity index (χ2n) is 4.66. The Balaban J connectivity index is 2.57. The van der Waals surface area contributed by atoms with Gasteiger partial charge in [0, 0.05) is 10.0 Å². The molecule has 0 amide bonds. The van der Waals surface area contributed by atoms with Gasteiger partial charge in [0.25, 0.3) is 0 Å². The Kier molecular flexibility index (Phi) is 3.74. The van der Waals surface area contributed by atoms with Gasteiger partial charge in [-0.2, -0.15) is 0 Å². The number of hydrogen-bond acceptors (Lipinski definition) is 1. The maximum atomic E-state index is 13.9. The summed E-state index contributed by atoms with van der Waals surface area (Å²) in [5.74, 6) is -0.956. The topological polar surface area (TPSA) is 20.2 Å². The van der Waals surface area contributed by atoms with Crippen LogP contribution in [0.5, 0.6) is 0 Å². The van der Waals surface area contributed by atoms with Gasteiger partial charge in [-0.05, 0) is 49.2 Å². The van der Waals surface area contributed by atoms with Crippen molar-refractivity contribution in [2.24, 2.45) is 0 Å². The minimum atomic E-state index is -1.59. The van der Waals surface area contributed by atoms with E-state index in [2.05, 4.69) is 15.9 Å². The van der Waals surface area contributed by atoms with Gasteiger partial charge in [0.1, 0.15) is 17.2 Å². The van der Waals surface area contributed by atoms with Gasteiger partial charge in [-0.25, -0.2) is 8.78 Å². The van der Waals surface area contributed by atoms with Crippen LogP contribution in [0.3, 0.4) is 0 Å². The van der Waals surface area contributed by atoms with Gasteiger partial charge in [-0.3, -0.25) is 0 Å². The Morgan fingerprint density at radius 3 is 2.37 bits per heavy atom. The maximum Gasteiger partial charge on any atom is 0.129 e. The zero-order valence-electron chi connectivity index (χ0n) is 10.5. The highest BCUT2D eigenvalue weighted by atomic mass is 79.9. The molecule has 0 saturated carbocycles. The van der Waals surface area contributed by atoms with Crippen molar-refractivity contribution in [2.45, 2.75) is 19.4 Å². The summed E-state index contributed by atoms with van der Waals surface area (Å²) in [6.07, 6.45) is 0. The van der Waals surface area contributed by atoms with Crippen molar-refractivity contribution >= 4 is 15.9 Å². The van der Waals surface area contributed by atoms with Gasteiger partial charge < -0.3 is 5.11 Å². The van der Waals surface area contributed by atoms with Crippen LogP contribution < -0.4 is 0 Å². The number of aryl methyl sites for hydroxylation is 1. The molecule has 0 radical (unpaired) electrons. The van der Waals surface area contributed by atoms with E-state index in [0.717, 1.165) is 0 Å². The Morgan fingerprint density at radius 1 is 1.05 bits per heavy atom. The predicted molar refractivity (Wildman–Crippen MR) is 73.9 cm³/mol. The lowest BCUT2D eigenvalue weighted by molar-refractivity contribution is 0.0975. The molecule has 1 nitrogen and oxygen atoms in total.